The zero-order valence-electron chi connectivity index (χ0n) is 7.42. The molecule has 0 saturated heterocycles. The smallest absolute Gasteiger partial charge is 0.133 e. The van der Waals surface area contributed by atoms with Crippen LogP contribution in [0.2, 0.25) is 0 Å². The molecule has 0 atom stereocenters. The van der Waals surface area contributed by atoms with Gasteiger partial charge in [-0.05, 0) is 19.4 Å². The highest BCUT2D eigenvalue weighted by molar-refractivity contribution is 5.53. The minimum absolute atomic E-state index is 0.0821. The summed E-state index contributed by atoms with van der Waals surface area (Å²) < 4.78 is 0. The predicted octanol–water partition coefficient (Wildman–Crippen LogP) is 1.11. The second-order valence-corrected chi connectivity index (χ2v) is 2.39. The quantitative estimate of drug-likeness (QED) is 0.473. The molecule has 13 heavy (non-hydrogen) atoms. The summed E-state index contributed by atoms with van der Waals surface area (Å²) in [6.07, 6.45) is 0. The lowest BCUT2D eigenvalue weighted by molar-refractivity contribution is 1.22. The number of hydrogen-bond donors (Lipinski definition) is 1. The average molecular weight is 172 g/mol. The fourth-order valence-corrected chi connectivity index (χ4v) is 0.785. The second-order valence-electron chi connectivity index (χ2n) is 2.39. The van der Waals surface area contributed by atoms with Crippen LogP contribution in [-0.2, 0) is 0 Å². The minimum Gasteiger partial charge on any atom is -0.401 e. The Morgan fingerprint density at radius 3 is 1.69 bits per heavy atom. The summed E-state index contributed by atoms with van der Waals surface area (Å²) in [5.74, 6) is 0. The van der Waals surface area contributed by atoms with Crippen LogP contribution in [0.4, 0.5) is 0 Å². The lowest BCUT2D eigenvalue weighted by atomic mass is 10.0. The normalized spacial score (nSPS) is 10.1. The Labute approximate surface area is 76.8 Å². The van der Waals surface area contributed by atoms with Crippen molar-refractivity contribution in [2.24, 2.45) is 5.73 Å². The first-order chi connectivity index (χ1) is 6.08. The standard InChI is InChI=1S/C9H8N4/c1-6(8(3-10)4-11)9(5-12)7(2)13/h13H2,1-2H3/b9-7+. The van der Waals surface area contributed by atoms with Crippen LogP contribution in [0.25, 0.3) is 0 Å². The van der Waals surface area contributed by atoms with Crippen LogP contribution in [0.3, 0.4) is 0 Å². The van der Waals surface area contributed by atoms with Crippen molar-refractivity contribution in [2.75, 3.05) is 0 Å². The van der Waals surface area contributed by atoms with Crippen molar-refractivity contribution in [2.45, 2.75) is 13.8 Å². The largest absolute Gasteiger partial charge is 0.401 e. The van der Waals surface area contributed by atoms with Crippen molar-refractivity contribution < 1.29 is 0 Å². The van der Waals surface area contributed by atoms with Gasteiger partial charge in [-0.15, -0.1) is 0 Å². The van der Waals surface area contributed by atoms with Crippen LogP contribution in [0.1, 0.15) is 13.8 Å². The van der Waals surface area contributed by atoms with Crippen LogP contribution in [0.5, 0.6) is 0 Å². The van der Waals surface area contributed by atoms with E-state index in [0.29, 0.717) is 11.3 Å². The molecule has 4 nitrogen and oxygen atoms in total. The van der Waals surface area contributed by atoms with E-state index >= 15 is 0 Å². The monoisotopic (exact) mass is 172 g/mol. The molecule has 0 heterocycles. The Hall–Kier alpha value is -2.25. The highest BCUT2D eigenvalue weighted by Gasteiger charge is 2.07. The van der Waals surface area contributed by atoms with E-state index < -0.39 is 0 Å². The summed E-state index contributed by atoms with van der Waals surface area (Å²) in [6, 6.07) is 5.24. The van der Waals surface area contributed by atoms with E-state index in [0.717, 1.165) is 0 Å². The maximum Gasteiger partial charge on any atom is 0.133 e. The van der Waals surface area contributed by atoms with E-state index in [1.165, 1.54) is 6.92 Å². The van der Waals surface area contributed by atoms with Gasteiger partial charge in [-0.1, -0.05) is 0 Å². The third-order valence-electron chi connectivity index (χ3n) is 1.48. The number of allylic oxidation sites excluding steroid dienone is 4. The molecule has 0 rings (SSSR count). The van der Waals surface area contributed by atoms with E-state index in [2.05, 4.69) is 0 Å². The molecule has 0 fully saturated rings. The van der Waals surface area contributed by atoms with Gasteiger partial charge in [-0.25, -0.2) is 0 Å². The number of rotatable bonds is 1. The lowest BCUT2D eigenvalue weighted by Gasteiger charge is -1.99. The van der Waals surface area contributed by atoms with Crippen molar-refractivity contribution in [1.82, 2.24) is 0 Å². The fourth-order valence-electron chi connectivity index (χ4n) is 0.785. The zero-order valence-corrected chi connectivity index (χ0v) is 7.42. The Morgan fingerprint density at radius 1 is 1.00 bits per heavy atom. The van der Waals surface area contributed by atoms with Crippen LogP contribution in [-0.4, -0.2) is 0 Å². The maximum atomic E-state index is 8.67. The van der Waals surface area contributed by atoms with E-state index in [1.807, 2.05) is 6.07 Å². The molecule has 0 unspecified atom stereocenters. The van der Waals surface area contributed by atoms with Gasteiger partial charge in [0.1, 0.15) is 23.8 Å². The summed E-state index contributed by atoms with van der Waals surface area (Å²) in [6.45, 7) is 3.07. The summed E-state index contributed by atoms with van der Waals surface area (Å²) in [5, 5.41) is 25.7. The number of hydrogen-bond acceptors (Lipinski definition) is 4. The van der Waals surface area contributed by atoms with Gasteiger partial charge in [-0.3, -0.25) is 0 Å². The molecule has 0 aliphatic rings. The van der Waals surface area contributed by atoms with Crippen molar-refractivity contribution in [3.8, 4) is 18.2 Å². The SMILES string of the molecule is CC(=C(C#N)C#N)/C(C#N)=C(\C)N. The fraction of sp³-hybridized carbons (Fsp3) is 0.222. The van der Waals surface area contributed by atoms with Gasteiger partial charge in [0.05, 0.1) is 5.57 Å². The molecule has 0 aliphatic heterocycles. The van der Waals surface area contributed by atoms with Crippen LogP contribution >= 0.6 is 0 Å². The molecule has 0 aromatic carbocycles. The van der Waals surface area contributed by atoms with E-state index in [9.17, 15) is 0 Å². The van der Waals surface area contributed by atoms with Crippen molar-refractivity contribution in [3.63, 3.8) is 0 Å². The molecule has 0 bridgehead atoms. The maximum absolute atomic E-state index is 8.67. The Bertz CT molecular complexity index is 373. The summed E-state index contributed by atoms with van der Waals surface area (Å²) in [7, 11) is 0. The van der Waals surface area contributed by atoms with Gasteiger partial charge >= 0.3 is 0 Å². The molecule has 4 heteroatoms. The highest BCUT2D eigenvalue weighted by Crippen LogP contribution is 2.14. The van der Waals surface area contributed by atoms with Crippen LogP contribution in [0, 0.1) is 34.0 Å². The van der Waals surface area contributed by atoms with Gasteiger partial charge < -0.3 is 5.73 Å². The average Bonchev–Trinajstić information content (AvgIpc) is 2.07. The molecular weight excluding hydrogens is 164 g/mol. The van der Waals surface area contributed by atoms with Crippen LogP contribution in [0.15, 0.2) is 22.4 Å². The molecule has 0 spiro atoms. The molecule has 2 N–H and O–H groups in total. The zero-order chi connectivity index (χ0) is 10.4. The summed E-state index contributed by atoms with van der Waals surface area (Å²) in [4.78, 5) is 0. The lowest BCUT2D eigenvalue weighted by Crippen LogP contribution is -1.99. The predicted molar refractivity (Wildman–Crippen MR) is 46.4 cm³/mol. The Balaban J connectivity index is 5.53. The second kappa shape index (κ2) is 4.59. The highest BCUT2D eigenvalue weighted by atomic mass is 14.6. The minimum atomic E-state index is -0.0821. The van der Waals surface area contributed by atoms with Gasteiger partial charge in [0.25, 0.3) is 0 Å². The topological polar surface area (TPSA) is 97.4 Å². The molecule has 0 radical (unpaired) electrons. The van der Waals surface area contributed by atoms with Crippen molar-refractivity contribution in [1.29, 1.82) is 15.8 Å². The summed E-state index contributed by atoms with van der Waals surface area (Å²) in [5.41, 5.74) is 6.14. The number of nitrogens with zero attached hydrogens (tertiary/aromatic N) is 3. The van der Waals surface area contributed by atoms with Gasteiger partial charge in [-0.2, -0.15) is 15.8 Å². The number of nitrogens with two attached hydrogens (primary N) is 1. The molecule has 0 aromatic heterocycles. The Morgan fingerprint density at radius 2 is 1.46 bits per heavy atom. The first-order valence-corrected chi connectivity index (χ1v) is 3.46. The van der Waals surface area contributed by atoms with E-state index in [1.54, 1.807) is 19.1 Å². The van der Waals surface area contributed by atoms with Crippen LogP contribution < -0.4 is 5.73 Å². The van der Waals surface area contributed by atoms with Gasteiger partial charge in [0, 0.05) is 5.70 Å². The van der Waals surface area contributed by atoms with Crippen molar-refractivity contribution >= 4 is 0 Å². The van der Waals surface area contributed by atoms with Gasteiger partial charge in [0.15, 0.2) is 0 Å². The van der Waals surface area contributed by atoms with E-state index in [-0.39, 0.29) is 11.1 Å². The van der Waals surface area contributed by atoms with Gasteiger partial charge in [0.2, 0.25) is 0 Å². The molecule has 0 aromatic rings. The molecule has 0 amide bonds. The van der Waals surface area contributed by atoms with Crippen molar-refractivity contribution in [3.05, 3.63) is 22.4 Å². The third kappa shape index (κ3) is 2.36. The Kier molecular flexibility index (Phi) is 3.80. The molecular formula is C9H8N4. The summed E-state index contributed by atoms with van der Waals surface area (Å²) >= 11 is 0. The van der Waals surface area contributed by atoms with E-state index in [4.69, 9.17) is 21.5 Å². The molecule has 64 valence electrons. The first kappa shape index (κ1) is 10.8. The molecule has 0 aliphatic carbocycles. The third-order valence-corrected chi connectivity index (χ3v) is 1.48. The first-order valence-electron chi connectivity index (χ1n) is 3.46. The molecule has 0 saturated carbocycles. The number of nitriles is 3.